The van der Waals surface area contributed by atoms with E-state index in [1.54, 1.807) is 6.20 Å². The lowest BCUT2D eigenvalue weighted by Gasteiger charge is -2.43. The lowest BCUT2D eigenvalue weighted by atomic mass is 9.88. The third-order valence-corrected chi connectivity index (χ3v) is 5.36. The summed E-state index contributed by atoms with van der Waals surface area (Å²) in [5, 5.41) is 12.5. The van der Waals surface area contributed by atoms with Crippen LogP contribution in [-0.4, -0.2) is 45.3 Å². The summed E-state index contributed by atoms with van der Waals surface area (Å²) in [7, 11) is 0. The fourth-order valence-electron chi connectivity index (χ4n) is 4.10. The zero-order chi connectivity index (χ0) is 19.0. The van der Waals surface area contributed by atoms with Crippen LogP contribution in [0.25, 0.3) is 22.4 Å². The van der Waals surface area contributed by atoms with Gasteiger partial charge in [-0.3, -0.25) is 5.10 Å². The minimum Gasteiger partial charge on any atom is -0.353 e. The van der Waals surface area contributed by atoms with Gasteiger partial charge in [-0.15, -0.1) is 0 Å². The number of piperazine rings is 1. The maximum absolute atomic E-state index is 6.49. The van der Waals surface area contributed by atoms with Crippen LogP contribution in [0.15, 0.2) is 30.5 Å². The third kappa shape index (κ3) is 3.64. The summed E-state index contributed by atoms with van der Waals surface area (Å²) in [6.45, 7) is 9.62. The van der Waals surface area contributed by atoms with Gasteiger partial charge in [-0.25, -0.2) is 9.97 Å². The molecule has 0 bridgehead atoms. The second-order valence-electron chi connectivity index (χ2n) is 7.98. The standard InChI is InChI=1S/C20H25ClN6.H2/c1-13(2)11-20(3)12-27(10-9-23-20)16-7-6-15(21)18(24-16)17-14-5-4-8-22-19(14)26-25-17;/h4-8,13,23H,9-12H2,1-3H3,(H,22,25,26);1H. The van der Waals surface area contributed by atoms with Crippen LogP contribution in [0.1, 0.15) is 28.6 Å². The predicted octanol–water partition coefficient (Wildman–Crippen LogP) is 4.13. The Morgan fingerprint density at radius 3 is 3.00 bits per heavy atom. The molecule has 1 unspecified atom stereocenters. The van der Waals surface area contributed by atoms with Gasteiger partial charge in [0.1, 0.15) is 11.5 Å². The van der Waals surface area contributed by atoms with E-state index in [0.29, 0.717) is 22.3 Å². The number of H-pyrrole nitrogens is 1. The van der Waals surface area contributed by atoms with Crippen molar-refractivity contribution < 1.29 is 1.43 Å². The van der Waals surface area contributed by atoms with Gasteiger partial charge in [0.05, 0.1) is 10.7 Å². The van der Waals surface area contributed by atoms with E-state index in [2.05, 4.69) is 46.2 Å². The zero-order valence-electron chi connectivity index (χ0n) is 16.0. The number of hydrogen-bond acceptors (Lipinski definition) is 5. The maximum atomic E-state index is 6.49. The first kappa shape index (κ1) is 18.2. The molecular formula is C20H27ClN6. The Balaban J connectivity index is 0.00000225. The molecule has 1 aliphatic rings. The van der Waals surface area contributed by atoms with Crippen LogP contribution in [0.2, 0.25) is 5.02 Å². The predicted molar refractivity (Wildman–Crippen MR) is 112 cm³/mol. The molecular weight excluding hydrogens is 360 g/mol. The van der Waals surface area contributed by atoms with Crippen molar-refractivity contribution >= 4 is 28.5 Å². The highest BCUT2D eigenvalue weighted by molar-refractivity contribution is 6.33. The van der Waals surface area contributed by atoms with E-state index in [1.807, 2.05) is 24.3 Å². The molecule has 0 saturated carbocycles. The number of fused-ring (bicyclic) bond motifs is 1. The Hall–Kier alpha value is -2.18. The van der Waals surface area contributed by atoms with Crippen molar-refractivity contribution in [1.82, 2.24) is 25.5 Å². The number of rotatable bonds is 4. The minimum atomic E-state index is 0. The van der Waals surface area contributed by atoms with E-state index < -0.39 is 0 Å². The SMILES string of the molecule is CC(C)CC1(C)CN(c2ccc(Cl)c(-c3[nH]nc4ncccc34)n2)CCN1.[HH]. The molecule has 27 heavy (non-hydrogen) atoms. The smallest absolute Gasteiger partial charge is 0.181 e. The zero-order valence-corrected chi connectivity index (χ0v) is 16.7. The fraction of sp³-hybridized carbons (Fsp3) is 0.450. The Labute approximate surface area is 165 Å². The molecule has 4 rings (SSSR count). The molecule has 3 aromatic heterocycles. The molecule has 3 aromatic rings. The monoisotopic (exact) mass is 386 g/mol. The molecule has 0 amide bonds. The molecule has 144 valence electrons. The molecule has 0 aliphatic carbocycles. The van der Waals surface area contributed by atoms with Crippen molar-refractivity contribution in [3.8, 4) is 11.4 Å². The molecule has 0 aromatic carbocycles. The number of nitrogens with zero attached hydrogens (tertiary/aromatic N) is 4. The van der Waals surface area contributed by atoms with Gasteiger partial charge in [0, 0.05) is 38.2 Å². The first-order valence-corrected chi connectivity index (χ1v) is 9.79. The normalized spacial score (nSPS) is 20.6. The first-order chi connectivity index (χ1) is 13.0. The highest BCUT2D eigenvalue weighted by Crippen LogP contribution is 2.32. The molecule has 4 heterocycles. The van der Waals surface area contributed by atoms with E-state index >= 15 is 0 Å². The van der Waals surface area contributed by atoms with Crippen molar-refractivity contribution in [1.29, 1.82) is 0 Å². The molecule has 0 radical (unpaired) electrons. The summed E-state index contributed by atoms with van der Waals surface area (Å²) in [6.07, 6.45) is 2.86. The van der Waals surface area contributed by atoms with Gasteiger partial charge in [-0.2, -0.15) is 5.10 Å². The summed E-state index contributed by atoms with van der Waals surface area (Å²) in [5.41, 5.74) is 2.28. The van der Waals surface area contributed by atoms with Crippen molar-refractivity contribution in [3.05, 3.63) is 35.5 Å². The van der Waals surface area contributed by atoms with Crippen LogP contribution in [-0.2, 0) is 0 Å². The van der Waals surface area contributed by atoms with Crippen LogP contribution in [0.5, 0.6) is 0 Å². The first-order valence-electron chi connectivity index (χ1n) is 9.41. The summed E-state index contributed by atoms with van der Waals surface area (Å²) in [4.78, 5) is 11.5. The molecule has 6 nitrogen and oxygen atoms in total. The highest BCUT2D eigenvalue weighted by Gasteiger charge is 2.32. The molecule has 1 atom stereocenters. The van der Waals surface area contributed by atoms with Crippen LogP contribution in [0.4, 0.5) is 5.82 Å². The van der Waals surface area contributed by atoms with Crippen molar-refractivity contribution in [2.45, 2.75) is 32.7 Å². The number of pyridine rings is 2. The second kappa shape index (κ2) is 7.09. The van der Waals surface area contributed by atoms with Gasteiger partial charge in [0.25, 0.3) is 0 Å². The Kier molecular flexibility index (Phi) is 4.78. The van der Waals surface area contributed by atoms with Crippen LogP contribution >= 0.6 is 11.6 Å². The van der Waals surface area contributed by atoms with Crippen molar-refractivity contribution in [3.63, 3.8) is 0 Å². The van der Waals surface area contributed by atoms with E-state index in [4.69, 9.17) is 16.6 Å². The van der Waals surface area contributed by atoms with E-state index in [9.17, 15) is 0 Å². The maximum Gasteiger partial charge on any atom is 0.181 e. The van der Waals surface area contributed by atoms with Gasteiger partial charge in [-0.1, -0.05) is 25.4 Å². The second-order valence-corrected chi connectivity index (χ2v) is 8.39. The number of aromatic amines is 1. The largest absolute Gasteiger partial charge is 0.353 e. The number of aromatic nitrogens is 4. The summed E-state index contributed by atoms with van der Waals surface area (Å²) >= 11 is 6.49. The van der Waals surface area contributed by atoms with Crippen LogP contribution in [0, 0.1) is 5.92 Å². The average Bonchev–Trinajstić information content (AvgIpc) is 3.05. The highest BCUT2D eigenvalue weighted by atomic mass is 35.5. The fourth-order valence-corrected chi connectivity index (χ4v) is 4.30. The van der Waals surface area contributed by atoms with E-state index in [0.717, 1.165) is 43.0 Å². The van der Waals surface area contributed by atoms with Gasteiger partial charge in [-0.05, 0) is 43.5 Å². The molecule has 7 heteroatoms. The minimum absolute atomic E-state index is 0. The summed E-state index contributed by atoms with van der Waals surface area (Å²) < 4.78 is 0. The van der Waals surface area contributed by atoms with E-state index in [1.165, 1.54) is 0 Å². The van der Waals surface area contributed by atoms with Crippen molar-refractivity contribution in [2.24, 2.45) is 5.92 Å². The molecule has 0 spiro atoms. The Morgan fingerprint density at radius 1 is 1.33 bits per heavy atom. The van der Waals surface area contributed by atoms with Gasteiger partial charge < -0.3 is 10.2 Å². The van der Waals surface area contributed by atoms with Crippen LogP contribution < -0.4 is 10.2 Å². The quantitative estimate of drug-likeness (QED) is 0.705. The molecule has 1 fully saturated rings. The topological polar surface area (TPSA) is 69.7 Å². The third-order valence-electron chi connectivity index (χ3n) is 5.05. The van der Waals surface area contributed by atoms with Gasteiger partial charge in [0.2, 0.25) is 0 Å². The summed E-state index contributed by atoms with van der Waals surface area (Å²) in [6, 6.07) is 7.80. The van der Waals surface area contributed by atoms with Crippen molar-refractivity contribution in [2.75, 3.05) is 24.5 Å². The lowest BCUT2D eigenvalue weighted by Crippen LogP contribution is -2.59. The van der Waals surface area contributed by atoms with Gasteiger partial charge >= 0.3 is 0 Å². The molecule has 1 aliphatic heterocycles. The Morgan fingerprint density at radius 2 is 2.19 bits per heavy atom. The Bertz CT molecular complexity index is 959. The average molecular weight is 387 g/mol. The number of nitrogens with one attached hydrogen (secondary N) is 2. The van der Waals surface area contributed by atoms with Gasteiger partial charge in [0.15, 0.2) is 5.65 Å². The summed E-state index contributed by atoms with van der Waals surface area (Å²) in [5.74, 6) is 1.58. The van der Waals surface area contributed by atoms with E-state index in [-0.39, 0.29) is 6.97 Å². The van der Waals surface area contributed by atoms with Crippen LogP contribution in [0.3, 0.4) is 0 Å². The molecule has 2 N–H and O–H groups in total. The number of halogens is 1. The number of anilines is 1. The molecule has 1 saturated heterocycles. The lowest BCUT2D eigenvalue weighted by molar-refractivity contribution is 0.270. The number of hydrogen-bond donors (Lipinski definition) is 2.